The number of hydrogen-bond donors (Lipinski definition) is 1. The third-order valence-corrected chi connectivity index (χ3v) is 6.10. The number of piperidine rings is 1. The largest absolute Gasteiger partial charge is 0.342 e. The van der Waals surface area contributed by atoms with Crippen molar-refractivity contribution >= 4 is 42.5 Å². The lowest BCUT2D eigenvalue weighted by Gasteiger charge is -2.38. The van der Waals surface area contributed by atoms with Gasteiger partial charge in [0.25, 0.3) is 0 Å². The molecule has 2 aliphatic rings. The highest BCUT2D eigenvalue weighted by atomic mass is 35.5. The first kappa shape index (κ1) is 23.3. The summed E-state index contributed by atoms with van der Waals surface area (Å²) in [7, 11) is 0. The number of halogens is 2. The Bertz CT molecular complexity index is 327. The van der Waals surface area contributed by atoms with Crippen LogP contribution >= 0.6 is 36.6 Å². The molecule has 0 aliphatic carbocycles. The zero-order valence-electron chi connectivity index (χ0n) is 14.5. The zero-order valence-corrected chi connectivity index (χ0v) is 17.0. The lowest BCUT2D eigenvalue weighted by Crippen LogP contribution is -2.44. The average Bonchev–Trinajstić information content (AvgIpc) is 2.96. The van der Waals surface area contributed by atoms with E-state index in [1.165, 1.54) is 19.3 Å². The van der Waals surface area contributed by atoms with Gasteiger partial charge in [0.15, 0.2) is 0 Å². The van der Waals surface area contributed by atoms with Crippen molar-refractivity contribution in [1.82, 2.24) is 15.1 Å². The summed E-state index contributed by atoms with van der Waals surface area (Å²) in [6.45, 7) is 12.0. The van der Waals surface area contributed by atoms with Gasteiger partial charge in [0.2, 0.25) is 5.91 Å². The third-order valence-electron chi connectivity index (χ3n) is 5.18. The summed E-state index contributed by atoms with van der Waals surface area (Å²) < 4.78 is 0. The fourth-order valence-corrected chi connectivity index (χ4v) is 4.33. The molecule has 2 heterocycles. The molecule has 1 spiro atoms. The van der Waals surface area contributed by atoms with E-state index in [0.717, 1.165) is 51.6 Å². The monoisotopic (exact) mass is 385 g/mol. The van der Waals surface area contributed by atoms with Crippen molar-refractivity contribution in [2.45, 2.75) is 33.1 Å². The Labute approximate surface area is 158 Å². The molecule has 1 amide bonds. The highest BCUT2D eigenvalue weighted by Gasteiger charge is 2.37. The number of thioether (sulfide) groups is 1. The summed E-state index contributed by atoms with van der Waals surface area (Å²) in [5, 5.41) is 3.48. The van der Waals surface area contributed by atoms with Gasteiger partial charge < -0.3 is 15.1 Å². The number of carbonyl (C=O) groups is 1. The first-order valence-corrected chi connectivity index (χ1v) is 9.63. The van der Waals surface area contributed by atoms with E-state index in [1.54, 1.807) is 11.8 Å². The van der Waals surface area contributed by atoms with Gasteiger partial charge in [-0.1, -0.05) is 13.8 Å². The van der Waals surface area contributed by atoms with Crippen LogP contribution in [-0.4, -0.2) is 73.0 Å². The molecule has 2 fully saturated rings. The normalized spacial score (nSPS) is 19.5. The first-order valence-electron chi connectivity index (χ1n) is 8.48. The van der Waals surface area contributed by atoms with Crippen LogP contribution in [0.5, 0.6) is 0 Å². The molecule has 2 saturated heterocycles. The summed E-state index contributed by atoms with van der Waals surface area (Å²) in [4.78, 5) is 16.8. The molecule has 2 rings (SSSR count). The van der Waals surface area contributed by atoms with Gasteiger partial charge >= 0.3 is 0 Å². The summed E-state index contributed by atoms with van der Waals surface area (Å²) >= 11 is 1.79. The van der Waals surface area contributed by atoms with E-state index in [0.29, 0.717) is 17.1 Å². The second-order valence-electron chi connectivity index (χ2n) is 6.39. The van der Waals surface area contributed by atoms with Gasteiger partial charge in [0.05, 0.1) is 5.75 Å². The smallest absolute Gasteiger partial charge is 0.232 e. The summed E-state index contributed by atoms with van der Waals surface area (Å²) in [5.74, 6) is 2.07. The number of nitrogens with one attached hydrogen (secondary N) is 1. The van der Waals surface area contributed by atoms with Gasteiger partial charge in [0, 0.05) is 31.9 Å². The third kappa shape index (κ3) is 6.99. The lowest BCUT2D eigenvalue weighted by molar-refractivity contribution is -0.130. The molecule has 0 radical (unpaired) electrons. The molecule has 138 valence electrons. The van der Waals surface area contributed by atoms with E-state index < -0.39 is 0 Å². The molecule has 4 nitrogen and oxygen atoms in total. The Hall–Kier alpha value is 0.320. The molecule has 0 atom stereocenters. The van der Waals surface area contributed by atoms with Gasteiger partial charge in [-0.05, 0) is 44.3 Å². The second kappa shape index (κ2) is 11.8. The van der Waals surface area contributed by atoms with Crippen molar-refractivity contribution in [3.63, 3.8) is 0 Å². The maximum atomic E-state index is 12.3. The summed E-state index contributed by atoms with van der Waals surface area (Å²) in [5.41, 5.74) is 0.507. The van der Waals surface area contributed by atoms with Crippen LogP contribution in [0.4, 0.5) is 0 Å². The molecule has 0 bridgehead atoms. The van der Waals surface area contributed by atoms with Crippen LogP contribution in [0, 0.1) is 5.41 Å². The number of amides is 1. The van der Waals surface area contributed by atoms with Crippen molar-refractivity contribution in [2.75, 3.05) is 57.3 Å². The van der Waals surface area contributed by atoms with Crippen LogP contribution in [0.2, 0.25) is 0 Å². The van der Waals surface area contributed by atoms with E-state index >= 15 is 0 Å². The summed E-state index contributed by atoms with van der Waals surface area (Å²) in [6, 6.07) is 0. The molecule has 0 saturated carbocycles. The van der Waals surface area contributed by atoms with Gasteiger partial charge in [-0.3, -0.25) is 4.79 Å². The minimum atomic E-state index is 0. The predicted molar refractivity (Wildman–Crippen MR) is 105 cm³/mol. The van der Waals surface area contributed by atoms with E-state index in [-0.39, 0.29) is 24.8 Å². The quantitative estimate of drug-likeness (QED) is 0.682. The van der Waals surface area contributed by atoms with E-state index in [2.05, 4.69) is 29.0 Å². The standard InChI is InChI=1S/C16H31N3OS.2ClH/c1-3-18(4-2)11-12-21-13-15(20)19-9-6-16(7-10-19)5-8-17-14-16;;/h17H,3-14H2,1-2H3;2*1H. The SMILES string of the molecule is CCN(CC)CCSCC(=O)N1CCC2(CCNC2)CC1.Cl.Cl. The van der Waals surface area contributed by atoms with Crippen LogP contribution in [0.1, 0.15) is 33.1 Å². The Morgan fingerprint density at radius 2 is 1.83 bits per heavy atom. The van der Waals surface area contributed by atoms with Gasteiger partial charge in [0.1, 0.15) is 0 Å². The number of likely N-dealkylation sites (tertiary alicyclic amines) is 1. The predicted octanol–water partition coefficient (Wildman–Crippen LogP) is 2.51. The summed E-state index contributed by atoms with van der Waals surface area (Å²) in [6.07, 6.45) is 3.68. The Morgan fingerprint density at radius 3 is 2.35 bits per heavy atom. The molecule has 0 aromatic heterocycles. The number of hydrogen-bond acceptors (Lipinski definition) is 4. The zero-order chi connectivity index (χ0) is 15.1. The van der Waals surface area contributed by atoms with E-state index in [9.17, 15) is 4.79 Å². The molecule has 7 heteroatoms. The molecule has 0 aromatic rings. The van der Waals surface area contributed by atoms with Crippen LogP contribution in [0.15, 0.2) is 0 Å². The number of nitrogens with zero attached hydrogens (tertiary/aromatic N) is 2. The minimum Gasteiger partial charge on any atom is -0.342 e. The van der Waals surface area contributed by atoms with E-state index in [4.69, 9.17) is 0 Å². The van der Waals surface area contributed by atoms with E-state index in [1.807, 2.05) is 0 Å². The van der Waals surface area contributed by atoms with Crippen molar-refractivity contribution in [1.29, 1.82) is 0 Å². The fourth-order valence-electron chi connectivity index (χ4n) is 3.44. The van der Waals surface area contributed by atoms with Gasteiger partial charge in [-0.25, -0.2) is 0 Å². The van der Waals surface area contributed by atoms with Gasteiger partial charge in [-0.2, -0.15) is 11.8 Å². The fraction of sp³-hybridized carbons (Fsp3) is 0.938. The number of rotatable bonds is 7. The molecular weight excluding hydrogens is 353 g/mol. The van der Waals surface area contributed by atoms with Crippen LogP contribution in [-0.2, 0) is 4.79 Å². The molecule has 1 N–H and O–H groups in total. The maximum Gasteiger partial charge on any atom is 0.232 e. The van der Waals surface area contributed by atoms with Crippen LogP contribution < -0.4 is 5.32 Å². The highest BCUT2D eigenvalue weighted by Crippen LogP contribution is 2.36. The minimum absolute atomic E-state index is 0. The lowest BCUT2D eigenvalue weighted by atomic mass is 9.78. The van der Waals surface area contributed by atoms with Crippen LogP contribution in [0.25, 0.3) is 0 Å². The average molecular weight is 386 g/mol. The Balaban J connectivity index is 0.00000242. The van der Waals surface area contributed by atoms with Crippen molar-refractivity contribution in [3.05, 3.63) is 0 Å². The molecule has 2 aliphatic heterocycles. The number of carbonyl (C=O) groups excluding carboxylic acids is 1. The maximum absolute atomic E-state index is 12.3. The molecular formula is C16H33Cl2N3OS. The molecule has 0 unspecified atom stereocenters. The topological polar surface area (TPSA) is 35.6 Å². The Kier molecular flexibility index (Phi) is 12.0. The molecule has 23 heavy (non-hydrogen) atoms. The second-order valence-corrected chi connectivity index (χ2v) is 7.49. The first-order chi connectivity index (χ1) is 10.2. The van der Waals surface area contributed by atoms with Crippen molar-refractivity contribution in [3.8, 4) is 0 Å². The van der Waals surface area contributed by atoms with Crippen LogP contribution in [0.3, 0.4) is 0 Å². The van der Waals surface area contributed by atoms with Crippen molar-refractivity contribution in [2.24, 2.45) is 5.41 Å². The molecule has 0 aromatic carbocycles. The highest BCUT2D eigenvalue weighted by molar-refractivity contribution is 7.99. The Morgan fingerprint density at radius 1 is 1.17 bits per heavy atom. The van der Waals surface area contributed by atoms with Gasteiger partial charge in [-0.15, -0.1) is 24.8 Å². The van der Waals surface area contributed by atoms with Crippen molar-refractivity contribution < 1.29 is 4.79 Å².